The van der Waals surface area contributed by atoms with Gasteiger partial charge in [0.25, 0.3) is 0 Å². The monoisotopic (exact) mass is 165 g/mol. The molecule has 1 rings (SSSR count). The van der Waals surface area contributed by atoms with Crippen LogP contribution >= 0.6 is 0 Å². The van der Waals surface area contributed by atoms with Crippen LogP contribution in [0.1, 0.15) is 13.8 Å². The van der Waals surface area contributed by atoms with Crippen LogP contribution in [0.2, 0.25) is 0 Å². The predicted octanol–water partition coefficient (Wildman–Crippen LogP) is 2.69. The molecule has 0 radical (unpaired) electrons. The molecule has 2 heteroatoms. The van der Waals surface area contributed by atoms with E-state index in [0.29, 0.717) is 5.92 Å². The molecule has 0 spiro atoms. The van der Waals surface area contributed by atoms with Gasteiger partial charge < -0.3 is 0 Å². The molecule has 1 aromatic carbocycles. The third-order valence-electron chi connectivity index (χ3n) is 1.38. The molecule has 0 saturated carbocycles. The van der Waals surface area contributed by atoms with Crippen LogP contribution in [-0.2, 0) is 4.84 Å². The van der Waals surface area contributed by atoms with E-state index >= 15 is 0 Å². The molecule has 1 N–H and O–H groups in total. The first kappa shape index (κ1) is 9.07. The number of benzene rings is 1. The summed E-state index contributed by atoms with van der Waals surface area (Å²) in [6, 6.07) is 9.87. The molecule has 0 aliphatic rings. The first-order chi connectivity index (χ1) is 5.79. The molecular weight excluding hydrogens is 150 g/mol. The van der Waals surface area contributed by atoms with Gasteiger partial charge >= 0.3 is 0 Å². The lowest BCUT2D eigenvalue weighted by atomic mass is 10.2. The van der Waals surface area contributed by atoms with Crippen molar-refractivity contribution in [2.45, 2.75) is 13.8 Å². The zero-order valence-electron chi connectivity index (χ0n) is 7.58. The summed E-state index contributed by atoms with van der Waals surface area (Å²) < 4.78 is 0. The number of hydrogen-bond donors (Lipinski definition) is 1. The molecular formula is C10H15NO. The number of nitrogens with one attached hydrogen (secondary N) is 1. The van der Waals surface area contributed by atoms with Crippen LogP contribution in [0.3, 0.4) is 0 Å². The van der Waals surface area contributed by atoms with Gasteiger partial charge in [-0.25, -0.2) is 0 Å². The minimum Gasteiger partial charge on any atom is -0.276 e. The lowest BCUT2D eigenvalue weighted by Crippen LogP contribution is -2.07. The summed E-state index contributed by atoms with van der Waals surface area (Å²) in [6.07, 6.45) is 0. The van der Waals surface area contributed by atoms with Crippen molar-refractivity contribution in [2.75, 3.05) is 12.1 Å². The van der Waals surface area contributed by atoms with Gasteiger partial charge in [-0.3, -0.25) is 10.3 Å². The molecule has 66 valence electrons. The number of para-hydroxylation sites is 1. The highest BCUT2D eigenvalue weighted by Gasteiger charge is 1.93. The Morgan fingerprint density at radius 2 is 1.92 bits per heavy atom. The fourth-order valence-corrected chi connectivity index (χ4v) is 0.798. The fourth-order valence-electron chi connectivity index (χ4n) is 0.798. The highest BCUT2D eigenvalue weighted by molar-refractivity contribution is 5.39. The van der Waals surface area contributed by atoms with Gasteiger partial charge in [-0.05, 0) is 18.1 Å². The Bertz CT molecular complexity index is 208. The minimum atomic E-state index is 0.557. The molecule has 1 aromatic rings. The van der Waals surface area contributed by atoms with Crippen LogP contribution in [0.5, 0.6) is 0 Å². The van der Waals surface area contributed by atoms with Crippen molar-refractivity contribution in [1.82, 2.24) is 0 Å². The average molecular weight is 165 g/mol. The van der Waals surface area contributed by atoms with Crippen molar-refractivity contribution < 1.29 is 4.84 Å². The van der Waals surface area contributed by atoms with E-state index in [2.05, 4.69) is 19.3 Å². The fraction of sp³-hybridized carbons (Fsp3) is 0.400. The maximum atomic E-state index is 5.23. The predicted molar refractivity (Wildman–Crippen MR) is 50.9 cm³/mol. The molecule has 0 aromatic heterocycles. The number of anilines is 1. The zero-order valence-corrected chi connectivity index (χ0v) is 7.58. The van der Waals surface area contributed by atoms with Crippen molar-refractivity contribution in [3.63, 3.8) is 0 Å². The standard InChI is InChI=1S/C10H15NO/c1-9(2)8-12-11-10-6-4-3-5-7-10/h3-7,9,11H,8H2,1-2H3. The Kier molecular flexibility index (Phi) is 3.61. The second kappa shape index (κ2) is 4.78. The van der Waals surface area contributed by atoms with Gasteiger partial charge in [-0.15, -0.1) is 0 Å². The second-order valence-corrected chi connectivity index (χ2v) is 3.17. The van der Waals surface area contributed by atoms with Crippen LogP contribution in [0.4, 0.5) is 5.69 Å². The Morgan fingerprint density at radius 1 is 1.25 bits per heavy atom. The first-order valence-corrected chi connectivity index (χ1v) is 4.22. The summed E-state index contributed by atoms with van der Waals surface area (Å²) in [5.74, 6) is 0.557. The van der Waals surface area contributed by atoms with Gasteiger partial charge in [-0.2, -0.15) is 0 Å². The normalized spacial score (nSPS) is 10.2. The van der Waals surface area contributed by atoms with Gasteiger partial charge in [0, 0.05) is 0 Å². The van der Waals surface area contributed by atoms with Crippen molar-refractivity contribution in [2.24, 2.45) is 5.92 Å². The van der Waals surface area contributed by atoms with E-state index in [4.69, 9.17) is 4.84 Å². The number of hydrogen-bond acceptors (Lipinski definition) is 2. The van der Waals surface area contributed by atoms with E-state index in [1.54, 1.807) is 0 Å². The van der Waals surface area contributed by atoms with Crippen LogP contribution in [-0.4, -0.2) is 6.61 Å². The molecule has 0 fully saturated rings. The van der Waals surface area contributed by atoms with E-state index in [1.807, 2.05) is 30.3 Å². The molecule has 0 amide bonds. The summed E-state index contributed by atoms with van der Waals surface area (Å²) in [5, 5.41) is 0. The van der Waals surface area contributed by atoms with E-state index in [1.165, 1.54) is 0 Å². The third-order valence-corrected chi connectivity index (χ3v) is 1.38. The summed E-state index contributed by atoms with van der Waals surface area (Å²) in [4.78, 5) is 5.23. The summed E-state index contributed by atoms with van der Waals surface area (Å²) in [7, 11) is 0. The maximum Gasteiger partial charge on any atom is 0.0768 e. The zero-order chi connectivity index (χ0) is 8.81. The largest absolute Gasteiger partial charge is 0.276 e. The lowest BCUT2D eigenvalue weighted by Gasteiger charge is -2.08. The number of rotatable bonds is 4. The van der Waals surface area contributed by atoms with E-state index in [9.17, 15) is 0 Å². The molecule has 0 bridgehead atoms. The van der Waals surface area contributed by atoms with E-state index in [0.717, 1.165) is 12.3 Å². The first-order valence-electron chi connectivity index (χ1n) is 4.22. The summed E-state index contributed by atoms with van der Waals surface area (Å²) in [5.41, 5.74) is 3.87. The highest BCUT2D eigenvalue weighted by Crippen LogP contribution is 2.05. The molecule has 2 nitrogen and oxygen atoms in total. The Balaban J connectivity index is 2.25. The summed E-state index contributed by atoms with van der Waals surface area (Å²) in [6.45, 7) is 4.97. The average Bonchev–Trinajstić information content (AvgIpc) is 2.05. The van der Waals surface area contributed by atoms with Crippen LogP contribution < -0.4 is 5.48 Å². The van der Waals surface area contributed by atoms with Gasteiger partial charge in [0.05, 0.1) is 12.3 Å². The Hall–Kier alpha value is -1.02. The van der Waals surface area contributed by atoms with Crippen molar-refractivity contribution in [1.29, 1.82) is 0 Å². The van der Waals surface area contributed by atoms with Crippen molar-refractivity contribution >= 4 is 5.69 Å². The van der Waals surface area contributed by atoms with Crippen LogP contribution in [0.15, 0.2) is 30.3 Å². The van der Waals surface area contributed by atoms with Gasteiger partial charge in [0.2, 0.25) is 0 Å². The molecule has 0 saturated heterocycles. The topological polar surface area (TPSA) is 21.3 Å². The maximum absolute atomic E-state index is 5.23. The minimum absolute atomic E-state index is 0.557. The molecule has 0 heterocycles. The molecule has 0 aliphatic carbocycles. The second-order valence-electron chi connectivity index (χ2n) is 3.17. The van der Waals surface area contributed by atoms with Gasteiger partial charge in [-0.1, -0.05) is 32.0 Å². The highest BCUT2D eigenvalue weighted by atomic mass is 16.6. The molecule has 12 heavy (non-hydrogen) atoms. The SMILES string of the molecule is CC(C)CONc1ccccc1. The molecule has 0 atom stereocenters. The molecule has 0 aliphatic heterocycles. The third kappa shape index (κ3) is 3.39. The summed E-state index contributed by atoms with van der Waals surface area (Å²) >= 11 is 0. The Labute approximate surface area is 73.5 Å². The van der Waals surface area contributed by atoms with Crippen molar-refractivity contribution in [3.05, 3.63) is 30.3 Å². The molecule has 0 unspecified atom stereocenters. The van der Waals surface area contributed by atoms with E-state index in [-0.39, 0.29) is 0 Å². The quantitative estimate of drug-likeness (QED) is 0.692. The van der Waals surface area contributed by atoms with Crippen molar-refractivity contribution in [3.8, 4) is 0 Å². The van der Waals surface area contributed by atoms with Crippen LogP contribution in [0.25, 0.3) is 0 Å². The smallest absolute Gasteiger partial charge is 0.0768 e. The van der Waals surface area contributed by atoms with Gasteiger partial charge in [0.1, 0.15) is 0 Å². The van der Waals surface area contributed by atoms with Gasteiger partial charge in [0.15, 0.2) is 0 Å². The lowest BCUT2D eigenvalue weighted by molar-refractivity contribution is 0.163. The van der Waals surface area contributed by atoms with Crippen LogP contribution in [0, 0.1) is 5.92 Å². The van der Waals surface area contributed by atoms with E-state index < -0.39 is 0 Å². The Morgan fingerprint density at radius 3 is 2.50 bits per heavy atom.